The SMILES string of the molecule is ClCc1nc2cc(Cl)ccc2n1Cc1sccc1Br. The first-order valence-electron chi connectivity index (χ1n) is 5.61. The van der Waals surface area contributed by atoms with E-state index in [4.69, 9.17) is 23.2 Å². The Labute approximate surface area is 133 Å². The van der Waals surface area contributed by atoms with Crippen LogP contribution in [0.15, 0.2) is 34.1 Å². The molecular formula is C13H9BrCl2N2S. The number of thiophene rings is 1. The summed E-state index contributed by atoms with van der Waals surface area (Å²) in [5.41, 5.74) is 1.94. The molecule has 0 unspecified atom stereocenters. The molecule has 1 aromatic carbocycles. The molecular weight excluding hydrogens is 367 g/mol. The van der Waals surface area contributed by atoms with Gasteiger partial charge in [-0.2, -0.15) is 0 Å². The molecule has 0 amide bonds. The average molecular weight is 376 g/mol. The molecule has 98 valence electrons. The fraction of sp³-hybridized carbons (Fsp3) is 0.154. The minimum Gasteiger partial charge on any atom is -0.322 e. The Morgan fingerprint density at radius 3 is 2.84 bits per heavy atom. The molecule has 0 atom stereocenters. The van der Waals surface area contributed by atoms with Crippen molar-refractivity contribution in [3.63, 3.8) is 0 Å². The fourth-order valence-corrected chi connectivity index (χ4v) is 3.85. The van der Waals surface area contributed by atoms with Crippen LogP contribution in [-0.2, 0) is 12.4 Å². The summed E-state index contributed by atoms with van der Waals surface area (Å²) in [6, 6.07) is 7.79. The number of nitrogens with zero attached hydrogens (tertiary/aromatic N) is 2. The van der Waals surface area contributed by atoms with Crippen molar-refractivity contribution in [3.05, 3.63) is 49.8 Å². The van der Waals surface area contributed by atoms with Crippen molar-refractivity contribution in [2.45, 2.75) is 12.4 Å². The third kappa shape index (κ3) is 2.55. The van der Waals surface area contributed by atoms with Crippen LogP contribution in [0.1, 0.15) is 10.7 Å². The summed E-state index contributed by atoms with van der Waals surface area (Å²) in [6.45, 7) is 0.762. The van der Waals surface area contributed by atoms with Gasteiger partial charge < -0.3 is 4.57 Å². The standard InChI is InChI=1S/C13H9BrCl2N2S/c14-9-3-4-19-12(9)7-18-11-2-1-8(16)5-10(11)17-13(18)6-15/h1-5H,6-7H2. The monoisotopic (exact) mass is 374 g/mol. The third-order valence-corrected chi connectivity index (χ3v) is 5.29. The Hall–Kier alpha value is -0.550. The summed E-state index contributed by atoms with van der Waals surface area (Å²) in [4.78, 5) is 5.79. The molecule has 19 heavy (non-hydrogen) atoms. The second kappa shape index (κ2) is 5.44. The highest BCUT2D eigenvalue weighted by Crippen LogP contribution is 2.27. The summed E-state index contributed by atoms with van der Waals surface area (Å²) in [5.74, 6) is 1.24. The molecule has 0 N–H and O–H groups in total. The number of hydrogen-bond donors (Lipinski definition) is 0. The maximum Gasteiger partial charge on any atom is 0.125 e. The molecule has 0 aliphatic heterocycles. The van der Waals surface area contributed by atoms with Crippen LogP contribution in [0.5, 0.6) is 0 Å². The lowest BCUT2D eigenvalue weighted by atomic mass is 10.3. The minimum atomic E-state index is 0.384. The first kappa shape index (κ1) is 13.4. The molecule has 6 heteroatoms. The van der Waals surface area contributed by atoms with Gasteiger partial charge in [0, 0.05) is 14.4 Å². The van der Waals surface area contributed by atoms with Crippen LogP contribution in [0.3, 0.4) is 0 Å². The average Bonchev–Trinajstić information content (AvgIpc) is 2.94. The lowest BCUT2D eigenvalue weighted by Crippen LogP contribution is -2.02. The quantitative estimate of drug-likeness (QED) is 0.568. The third-order valence-electron chi connectivity index (χ3n) is 2.90. The maximum atomic E-state index is 6.00. The summed E-state index contributed by atoms with van der Waals surface area (Å²) < 4.78 is 3.25. The smallest absolute Gasteiger partial charge is 0.125 e. The topological polar surface area (TPSA) is 17.8 Å². The van der Waals surface area contributed by atoms with Gasteiger partial charge in [0.1, 0.15) is 5.82 Å². The van der Waals surface area contributed by atoms with Crippen molar-refractivity contribution in [3.8, 4) is 0 Å². The van der Waals surface area contributed by atoms with Crippen molar-refractivity contribution >= 4 is 61.5 Å². The number of halogens is 3. The molecule has 0 fully saturated rings. The van der Waals surface area contributed by atoms with Gasteiger partial charge in [-0.25, -0.2) is 4.98 Å². The molecule has 0 radical (unpaired) electrons. The number of rotatable bonds is 3. The number of benzene rings is 1. The van der Waals surface area contributed by atoms with Crippen LogP contribution < -0.4 is 0 Å². The Kier molecular flexibility index (Phi) is 3.85. The van der Waals surface area contributed by atoms with Crippen LogP contribution >= 0.6 is 50.5 Å². The van der Waals surface area contributed by atoms with Crippen LogP contribution in [0.2, 0.25) is 5.02 Å². The van der Waals surface area contributed by atoms with E-state index in [-0.39, 0.29) is 0 Å². The van der Waals surface area contributed by atoms with E-state index < -0.39 is 0 Å². The van der Waals surface area contributed by atoms with Gasteiger partial charge in [0.15, 0.2) is 0 Å². The predicted octanol–water partition coefficient (Wildman–Crippen LogP) is 5.30. The number of imidazole rings is 1. The van der Waals surface area contributed by atoms with Gasteiger partial charge in [-0.05, 0) is 45.6 Å². The highest BCUT2D eigenvalue weighted by molar-refractivity contribution is 9.10. The van der Waals surface area contributed by atoms with Gasteiger partial charge in [-0.3, -0.25) is 0 Å². The van der Waals surface area contributed by atoms with Crippen molar-refractivity contribution in [2.75, 3.05) is 0 Å². The summed E-state index contributed by atoms with van der Waals surface area (Å²) in [5, 5.41) is 2.76. The van der Waals surface area contributed by atoms with Crippen molar-refractivity contribution in [1.29, 1.82) is 0 Å². The van der Waals surface area contributed by atoms with Crippen molar-refractivity contribution < 1.29 is 0 Å². The molecule has 0 spiro atoms. The Morgan fingerprint density at radius 2 is 2.16 bits per heavy atom. The van der Waals surface area contributed by atoms with Gasteiger partial charge in [0.05, 0.1) is 23.5 Å². The number of aromatic nitrogens is 2. The first-order valence-corrected chi connectivity index (χ1v) is 8.20. The molecule has 0 saturated carbocycles. The number of hydrogen-bond acceptors (Lipinski definition) is 2. The Morgan fingerprint density at radius 1 is 1.32 bits per heavy atom. The lowest BCUT2D eigenvalue weighted by Gasteiger charge is -2.06. The second-order valence-electron chi connectivity index (χ2n) is 4.07. The Bertz CT molecular complexity index is 735. The maximum absolute atomic E-state index is 6.00. The highest BCUT2D eigenvalue weighted by Gasteiger charge is 2.12. The van der Waals surface area contributed by atoms with E-state index in [1.54, 1.807) is 11.3 Å². The van der Waals surface area contributed by atoms with Gasteiger partial charge in [-0.15, -0.1) is 22.9 Å². The van der Waals surface area contributed by atoms with Gasteiger partial charge in [0.2, 0.25) is 0 Å². The summed E-state index contributed by atoms with van der Waals surface area (Å²) in [7, 11) is 0. The van der Waals surface area contributed by atoms with Crippen molar-refractivity contribution in [1.82, 2.24) is 9.55 Å². The molecule has 3 aromatic rings. The Balaban J connectivity index is 2.13. The first-order chi connectivity index (χ1) is 9.19. The van der Waals surface area contributed by atoms with E-state index in [9.17, 15) is 0 Å². The van der Waals surface area contributed by atoms with Crippen LogP contribution in [0.25, 0.3) is 11.0 Å². The van der Waals surface area contributed by atoms with E-state index in [0.29, 0.717) is 10.9 Å². The van der Waals surface area contributed by atoms with Crippen LogP contribution in [-0.4, -0.2) is 9.55 Å². The van der Waals surface area contributed by atoms with Crippen LogP contribution in [0, 0.1) is 0 Å². The zero-order chi connectivity index (χ0) is 13.4. The van der Waals surface area contributed by atoms with Crippen LogP contribution in [0.4, 0.5) is 0 Å². The van der Waals surface area contributed by atoms with E-state index in [0.717, 1.165) is 27.9 Å². The fourth-order valence-electron chi connectivity index (χ4n) is 2.01. The number of alkyl halides is 1. The van der Waals surface area contributed by atoms with E-state index in [1.165, 1.54) is 4.88 Å². The van der Waals surface area contributed by atoms with E-state index in [1.807, 2.05) is 18.2 Å². The zero-order valence-electron chi connectivity index (χ0n) is 9.74. The zero-order valence-corrected chi connectivity index (χ0v) is 13.7. The molecule has 2 nitrogen and oxygen atoms in total. The molecule has 0 bridgehead atoms. The largest absolute Gasteiger partial charge is 0.322 e. The number of fused-ring (bicyclic) bond motifs is 1. The molecule has 0 aliphatic carbocycles. The highest BCUT2D eigenvalue weighted by atomic mass is 79.9. The molecule has 0 aliphatic rings. The summed E-state index contributed by atoms with van der Waals surface area (Å²) in [6.07, 6.45) is 0. The normalized spacial score (nSPS) is 11.3. The molecule has 2 heterocycles. The molecule has 2 aromatic heterocycles. The second-order valence-corrected chi connectivity index (χ2v) is 6.63. The summed E-state index contributed by atoms with van der Waals surface area (Å²) >= 11 is 17.3. The van der Waals surface area contributed by atoms with E-state index in [2.05, 4.69) is 36.9 Å². The molecule has 0 saturated heterocycles. The van der Waals surface area contributed by atoms with Gasteiger partial charge in [-0.1, -0.05) is 11.6 Å². The van der Waals surface area contributed by atoms with E-state index >= 15 is 0 Å². The van der Waals surface area contributed by atoms with Gasteiger partial charge in [0.25, 0.3) is 0 Å². The van der Waals surface area contributed by atoms with Gasteiger partial charge >= 0.3 is 0 Å². The predicted molar refractivity (Wildman–Crippen MR) is 85.4 cm³/mol. The van der Waals surface area contributed by atoms with Crippen molar-refractivity contribution in [2.24, 2.45) is 0 Å². The minimum absolute atomic E-state index is 0.384. The lowest BCUT2D eigenvalue weighted by molar-refractivity contribution is 0.787. The molecule has 3 rings (SSSR count).